The number of nitrogens with zero attached hydrogens (tertiary/aromatic N) is 2. The maximum absolute atomic E-state index is 13.4. The Morgan fingerprint density at radius 3 is 2.67 bits per heavy atom. The second-order valence-electron chi connectivity index (χ2n) is 8.15. The van der Waals surface area contributed by atoms with Crippen molar-refractivity contribution in [2.24, 2.45) is 0 Å². The molecular weight excluding hydrogens is 421 g/mol. The average Bonchev–Trinajstić information content (AvgIpc) is 2.85. The minimum absolute atomic E-state index is 0.0114. The number of carbonyl (C=O) groups excluding carboxylic acids is 1. The van der Waals surface area contributed by atoms with Crippen LogP contribution in [-0.2, 0) is 6.54 Å². The van der Waals surface area contributed by atoms with Gasteiger partial charge in [-0.1, -0.05) is 30.3 Å². The number of nitrogens with one attached hydrogen (secondary N) is 1. The van der Waals surface area contributed by atoms with Crippen LogP contribution in [0.15, 0.2) is 66.9 Å². The Morgan fingerprint density at radius 2 is 1.94 bits per heavy atom. The Hall–Kier alpha value is -3.29. The quantitative estimate of drug-likeness (QED) is 0.549. The Kier molecular flexibility index (Phi) is 7.65. The number of aromatic nitrogens is 1. The third kappa shape index (κ3) is 6.15. The van der Waals surface area contributed by atoms with Crippen LogP contribution in [0, 0.1) is 5.82 Å². The molecule has 0 unspecified atom stereocenters. The van der Waals surface area contributed by atoms with E-state index in [2.05, 4.69) is 15.2 Å². The fourth-order valence-electron chi connectivity index (χ4n) is 4.02. The standard InChI is InChI=1S/C26H28FN3O3/c27-22-6-3-5-19(16-22)24-9-8-20(17-28-24)26(32)29-23-10-12-30(13-11-23)18-21-4-1-2-7-25(21)33-15-14-31/h1-9,16-17,23,31H,10-15,18H2,(H,29,32). The van der Waals surface area contributed by atoms with Crippen molar-refractivity contribution in [2.45, 2.75) is 25.4 Å². The van der Waals surface area contributed by atoms with Crippen LogP contribution in [0.25, 0.3) is 11.3 Å². The molecule has 2 aromatic carbocycles. The van der Waals surface area contributed by atoms with Crippen molar-refractivity contribution in [2.75, 3.05) is 26.3 Å². The van der Waals surface area contributed by atoms with Crippen LogP contribution >= 0.6 is 0 Å². The zero-order valence-electron chi connectivity index (χ0n) is 18.4. The van der Waals surface area contributed by atoms with E-state index in [1.165, 1.54) is 18.3 Å². The van der Waals surface area contributed by atoms with E-state index in [1.54, 1.807) is 24.3 Å². The highest BCUT2D eigenvalue weighted by atomic mass is 19.1. The molecule has 6 nitrogen and oxygen atoms in total. The minimum Gasteiger partial charge on any atom is -0.491 e. The van der Waals surface area contributed by atoms with Crippen molar-refractivity contribution in [3.63, 3.8) is 0 Å². The lowest BCUT2D eigenvalue weighted by Gasteiger charge is -2.32. The van der Waals surface area contributed by atoms with Crippen molar-refractivity contribution in [1.82, 2.24) is 15.2 Å². The number of carbonyl (C=O) groups is 1. The fourth-order valence-corrected chi connectivity index (χ4v) is 4.02. The summed E-state index contributed by atoms with van der Waals surface area (Å²) >= 11 is 0. The summed E-state index contributed by atoms with van der Waals surface area (Å²) in [5, 5.41) is 12.1. The van der Waals surface area contributed by atoms with Crippen molar-refractivity contribution in [1.29, 1.82) is 0 Å². The number of ether oxygens (including phenoxy) is 1. The summed E-state index contributed by atoms with van der Waals surface area (Å²) in [6.07, 6.45) is 3.26. The van der Waals surface area contributed by atoms with Crippen molar-refractivity contribution in [3.05, 3.63) is 83.8 Å². The Bertz CT molecular complexity index is 1070. The number of halogens is 1. The number of para-hydroxylation sites is 1. The van der Waals surface area contributed by atoms with Gasteiger partial charge in [-0.15, -0.1) is 0 Å². The van der Waals surface area contributed by atoms with Gasteiger partial charge in [0.1, 0.15) is 18.2 Å². The number of rotatable bonds is 8. The third-order valence-corrected chi connectivity index (χ3v) is 5.78. The number of amides is 1. The molecule has 0 spiro atoms. The van der Waals surface area contributed by atoms with Crippen LogP contribution in [0.4, 0.5) is 4.39 Å². The molecule has 4 rings (SSSR count). The average molecular weight is 450 g/mol. The van der Waals surface area contributed by atoms with Gasteiger partial charge in [-0.25, -0.2) is 4.39 Å². The molecule has 33 heavy (non-hydrogen) atoms. The monoisotopic (exact) mass is 449 g/mol. The molecule has 1 aromatic heterocycles. The summed E-state index contributed by atoms with van der Waals surface area (Å²) in [6.45, 7) is 2.78. The molecule has 0 aliphatic carbocycles. The number of aliphatic hydroxyl groups is 1. The molecule has 3 aromatic rings. The van der Waals surface area contributed by atoms with Gasteiger partial charge in [0.05, 0.1) is 17.9 Å². The number of hydrogen-bond acceptors (Lipinski definition) is 5. The van der Waals surface area contributed by atoms with Crippen LogP contribution in [0.1, 0.15) is 28.8 Å². The minimum atomic E-state index is -0.316. The molecule has 172 valence electrons. The Balaban J connectivity index is 1.28. The van der Waals surface area contributed by atoms with E-state index in [0.29, 0.717) is 16.8 Å². The molecule has 1 aliphatic rings. The molecular formula is C26H28FN3O3. The van der Waals surface area contributed by atoms with Crippen LogP contribution in [0.2, 0.25) is 0 Å². The van der Waals surface area contributed by atoms with Gasteiger partial charge >= 0.3 is 0 Å². The number of benzene rings is 2. The third-order valence-electron chi connectivity index (χ3n) is 5.78. The van der Waals surface area contributed by atoms with Crippen LogP contribution < -0.4 is 10.1 Å². The summed E-state index contributed by atoms with van der Waals surface area (Å²) in [7, 11) is 0. The highest BCUT2D eigenvalue weighted by Crippen LogP contribution is 2.22. The van der Waals surface area contributed by atoms with Gasteiger partial charge in [0.25, 0.3) is 5.91 Å². The van der Waals surface area contributed by atoms with Crippen LogP contribution in [0.3, 0.4) is 0 Å². The first-order chi connectivity index (χ1) is 16.1. The molecule has 7 heteroatoms. The van der Waals surface area contributed by atoms with Gasteiger partial charge in [0.2, 0.25) is 0 Å². The number of pyridine rings is 1. The fraction of sp³-hybridized carbons (Fsp3) is 0.308. The lowest BCUT2D eigenvalue weighted by Crippen LogP contribution is -2.44. The molecule has 1 amide bonds. The highest BCUT2D eigenvalue weighted by molar-refractivity contribution is 5.94. The zero-order valence-corrected chi connectivity index (χ0v) is 18.4. The summed E-state index contributed by atoms with van der Waals surface area (Å²) in [5.41, 5.74) is 2.89. The molecule has 1 fully saturated rings. The van der Waals surface area contributed by atoms with E-state index in [-0.39, 0.29) is 31.0 Å². The Morgan fingerprint density at radius 1 is 1.12 bits per heavy atom. The van der Waals surface area contributed by atoms with Gasteiger partial charge in [-0.2, -0.15) is 0 Å². The number of aliphatic hydroxyl groups excluding tert-OH is 1. The van der Waals surface area contributed by atoms with E-state index in [1.807, 2.05) is 24.3 Å². The number of likely N-dealkylation sites (tertiary alicyclic amines) is 1. The van der Waals surface area contributed by atoms with Gasteiger partial charge in [-0.05, 0) is 43.2 Å². The van der Waals surface area contributed by atoms with Crippen molar-refractivity contribution >= 4 is 5.91 Å². The first-order valence-electron chi connectivity index (χ1n) is 11.2. The van der Waals surface area contributed by atoms with Crippen LogP contribution in [0.5, 0.6) is 5.75 Å². The first-order valence-corrected chi connectivity index (χ1v) is 11.2. The predicted molar refractivity (Wildman–Crippen MR) is 124 cm³/mol. The summed E-state index contributed by atoms with van der Waals surface area (Å²) < 4.78 is 19.1. The SMILES string of the molecule is O=C(NC1CCN(Cc2ccccc2OCCO)CC1)c1ccc(-c2cccc(F)c2)nc1. The Labute approximate surface area is 193 Å². The van der Waals surface area contributed by atoms with E-state index >= 15 is 0 Å². The van der Waals surface area contributed by atoms with Gasteiger partial charge in [0, 0.05) is 43.0 Å². The molecule has 1 saturated heterocycles. The zero-order chi connectivity index (χ0) is 23.0. The first kappa shape index (κ1) is 22.9. The molecule has 0 radical (unpaired) electrons. The maximum Gasteiger partial charge on any atom is 0.253 e. The lowest BCUT2D eigenvalue weighted by atomic mass is 10.0. The summed E-state index contributed by atoms with van der Waals surface area (Å²) in [6, 6.07) is 17.7. The van der Waals surface area contributed by atoms with Crippen molar-refractivity contribution in [3.8, 4) is 17.0 Å². The second kappa shape index (κ2) is 11.0. The molecule has 2 N–H and O–H groups in total. The van der Waals surface area contributed by atoms with E-state index < -0.39 is 0 Å². The molecule has 2 heterocycles. The number of hydrogen-bond donors (Lipinski definition) is 2. The second-order valence-corrected chi connectivity index (χ2v) is 8.15. The molecule has 1 aliphatic heterocycles. The molecule has 0 atom stereocenters. The highest BCUT2D eigenvalue weighted by Gasteiger charge is 2.22. The molecule has 0 bridgehead atoms. The summed E-state index contributed by atoms with van der Waals surface area (Å²) in [4.78, 5) is 19.3. The van der Waals surface area contributed by atoms with E-state index in [0.717, 1.165) is 43.8 Å². The van der Waals surface area contributed by atoms with Gasteiger partial charge in [0.15, 0.2) is 0 Å². The van der Waals surface area contributed by atoms with E-state index in [9.17, 15) is 9.18 Å². The topological polar surface area (TPSA) is 74.7 Å². The number of piperidine rings is 1. The van der Waals surface area contributed by atoms with E-state index in [4.69, 9.17) is 9.84 Å². The maximum atomic E-state index is 13.4. The van der Waals surface area contributed by atoms with Gasteiger partial charge in [-0.3, -0.25) is 14.7 Å². The lowest BCUT2D eigenvalue weighted by molar-refractivity contribution is 0.0908. The largest absolute Gasteiger partial charge is 0.491 e. The predicted octanol–water partition coefficient (Wildman–Crippen LogP) is 3.65. The summed E-state index contributed by atoms with van der Waals surface area (Å²) in [5.74, 6) is 0.342. The van der Waals surface area contributed by atoms with Crippen molar-refractivity contribution < 1.29 is 19.0 Å². The van der Waals surface area contributed by atoms with Crippen LogP contribution in [-0.4, -0.2) is 53.2 Å². The normalized spacial score (nSPS) is 14.7. The molecule has 0 saturated carbocycles. The van der Waals surface area contributed by atoms with Gasteiger partial charge < -0.3 is 15.2 Å². The smallest absolute Gasteiger partial charge is 0.253 e.